The number of hydrogen-bond acceptors (Lipinski definition) is 2. The minimum atomic E-state index is 0.749. The van der Waals surface area contributed by atoms with E-state index in [1.807, 2.05) is 0 Å². The molecular weight excluding hydrogens is 412 g/mol. The number of halogens is 3. The standard InChI is InChI=1S/C12H11Br3N2/c1-6-7-3-2-4-17-11(7)8(5-16-12(17)15)10(14)9(6)13/h2-5H2,1H3. The van der Waals surface area contributed by atoms with Gasteiger partial charge in [0.2, 0.25) is 0 Å². The normalized spacial score (nSPS) is 17.9. The zero-order valence-electron chi connectivity index (χ0n) is 9.36. The molecule has 0 aliphatic carbocycles. The Bertz CT molecular complexity index is 537. The molecule has 0 spiro atoms. The maximum Gasteiger partial charge on any atom is 0.173 e. The molecule has 90 valence electrons. The monoisotopic (exact) mass is 420 g/mol. The van der Waals surface area contributed by atoms with Crippen LogP contribution in [0.4, 0.5) is 5.69 Å². The lowest BCUT2D eigenvalue weighted by atomic mass is 9.93. The predicted molar refractivity (Wildman–Crippen MR) is 82.3 cm³/mol. The highest BCUT2D eigenvalue weighted by molar-refractivity contribution is 9.18. The molecule has 2 aliphatic rings. The molecule has 1 aromatic rings. The van der Waals surface area contributed by atoms with Crippen LogP contribution in [-0.4, -0.2) is 11.3 Å². The lowest BCUT2D eigenvalue weighted by Gasteiger charge is -2.36. The summed E-state index contributed by atoms with van der Waals surface area (Å²) in [5.41, 5.74) is 5.49. The van der Waals surface area contributed by atoms with Crippen molar-refractivity contribution in [2.45, 2.75) is 26.3 Å². The van der Waals surface area contributed by atoms with E-state index >= 15 is 0 Å². The summed E-state index contributed by atoms with van der Waals surface area (Å²) in [6.45, 7) is 3.99. The summed E-state index contributed by atoms with van der Waals surface area (Å²) in [7, 11) is 0. The van der Waals surface area contributed by atoms with Crippen molar-refractivity contribution in [1.29, 1.82) is 0 Å². The fourth-order valence-corrected chi connectivity index (χ4v) is 4.18. The third-order valence-electron chi connectivity index (χ3n) is 3.48. The maximum atomic E-state index is 4.54. The Morgan fingerprint density at radius 2 is 1.88 bits per heavy atom. The second-order valence-electron chi connectivity index (χ2n) is 4.40. The summed E-state index contributed by atoms with van der Waals surface area (Å²) in [4.78, 5) is 6.83. The Hall–Kier alpha value is 0.130. The number of rotatable bonds is 0. The summed E-state index contributed by atoms with van der Waals surface area (Å²) >= 11 is 10.9. The van der Waals surface area contributed by atoms with Crippen molar-refractivity contribution in [2.75, 3.05) is 11.4 Å². The molecule has 2 nitrogen and oxygen atoms in total. The average molecular weight is 423 g/mol. The Morgan fingerprint density at radius 1 is 1.12 bits per heavy atom. The third-order valence-corrected chi connectivity index (χ3v) is 6.56. The quantitative estimate of drug-likeness (QED) is 0.560. The summed E-state index contributed by atoms with van der Waals surface area (Å²) < 4.78 is 3.31. The second-order valence-corrected chi connectivity index (χ2v) is 6.69. The van der Waals surface area contributed by atoms with Crippen LogP contribution in [0.2, 0.25) is 0 Å². The van der Waals surface area contributed by atoms with E-state index in [1.54, 1.807) is 0 Å². The lowest BCUT2D eigenvalue weighted by molar-refractivity contribution is 0.756. The van der Waals surface area contributed by atoms with Gasteiger partial charge >= 0.3 is 0 Å². The van der Waals surface area contributed by atoms with Gasteiger partial charge in [-0.3, -0.25) is 4.99 Å². The van der Waals surface area contributed by atoms with Crippen LogP contribution >= 0.6 is 47.8 Å². The highest BCUT2D eigenvalue weighted by Gasteiger charge is 2.30. The number of aliphatic imine (C=N–C) groups is 1. The van der Waals surface area contributed by atoms with Crippen molar-refractivity contribution in [3.63, 3.8) is 0 Å². The van der Waals surface area contributed by atoms with E-state index in [0.717, 1.165) is 28.7 Å². The van der Waals surface area contributed by atoms with Gasteiger partial charge in [0.15, 0.2) is 4.74 Å². The Morgan fingerprint density at radius 3 is 2.65 bits per heavy atom. The van der Waals surface area contributed by atoms with Crippen LogP contribution < -0.4 is 4.90 Å². The molecule has 0 saturated carbocycles. The SMILES string of the molecule is Cc1c(Br)c(Br)c2c3c1CCCN3C(Br)=NC2. The van der Waals surface area contributed by atoms with Crippen LogP contribution in [0.5, 0.6) is 0 Å². The van der Waals surface area contributed by atoms with Gasteiger partial charge in [-0.05, 0) is 78.7 Å². The van der Waals surface area contributed by atoms with Crippen LogP contribution in [0.3, 0.4) is 0 Å². The second kappa shape index (κ2) is 4.35. The van der Waals surface area contributed by atoms with Gasteiger partial charge < -0.3 is 4.90 Å². The molecule has 0 radical (unpaired) electrons. The van der Waals surface area contributed by atoms with Crippen molar-refractivity contribution in [2.24, 2.45) is 4.99 Å². The summed E-state index contributed by atoms with van der Waals surface area (Å²) in [6.07, 6.45) is 2.35. The minimum absolute atomic E-state index is 0.749. The molecule has 3 rings (SSSR count). The highest BCUT2D eigenvalue weighted by atomic mass is 79.9. The molecule has 0 amide bonds. The Balaban J connectivity index is 2.34. The van der Waals surface area contributed by atoms with E-state index in [9.17, 15) is 0 Å². The Kier molecular flexibility index (Phi) is 3.12. The first-order valence-electron chi connectivity index (χ1n) is 5.58. The van der Waals surface area contributed by atoms with Gasteiger partial charge in [0.25, 0.3) is 0 Å². The van der Waals surface area contributed by atoms with Gasteiger partial charge in [-0.2, -0.15) is 0 Å². The fourth-order valence-electron chi connectivity index (χ4n) is 2.61. The van der Waals surface area contributed by atoms with Crippen molar-refractivity contribution >= 4 is 58.2 Å². The van der Waals surface area contributed by atoms with E-state index in [0.29, 0.717) is 0 Å². The summed E-state index contributed by atoms with van der Waals surface area (Å²) in [6, 6.07) is 0. The van der Waals surface area contributed by atoms with Crippen molar-refractivity contribution < 1.29 is 0 Å². The predicted octanol–water partition coefficient (Wildman–Crippen LogP) is 4.54. The molecule has 0 atom stereocenters. The molecule has 0 unspecified atom stereocenters. The van der Waals surface area contributed by atoms with Crippen LogP contribution in [0.25, 0.3) is 0 Å². The lowest BCUT2D eigenvalue weighted by Crippen LogP contribution is -2.36. The topological polar surface area (TPSA) is 15.6 Å². The smallest absolute Gasteiger partial charge is 0.173 e. The van der Waals surface area contributed by atoms with Crippen LogP contribution in [0.15, 0.2) is 13.9 Å². The highest BCUT2D eigenvalue weighted by Crippen LogP contribution is 2.45. The first-order chi connectivity index (χ1) is 8.11. The van der Waals surface area contributed by atoms with E-state index in [1.165, 1.54) is 33.3 Å². The molecule has 1 aromatic carbocycles. The molecule has 17 heavy (non-hydrogen) atoms. The molecule has 0 fully saturated rings. The first kappa shape index (κ1) is 12.2. The number of anilines is 1. The van der Waals surface area contributed by atoms with Crippen LogP contribution in [-0.2, 0) is 13.0 Å². The minimum Gasteiger partial charge on any atom is -0.320 e. The number of benzene rings is 1. The van der Waals surface area contributed by atoms with E-state index in [4.69, 9.17) is 0 Å². The van der Waals surface area contributed by atoms with Gasteiger partial charge in [-0.25, -0.2) is 0 Å². The molecule has 0 bridgehead atoms. The molecule has 0 N–H and O–H groups in total. The molecule has 2 aliphatic heterocycles. The zero-order chi connectivity index (χ0) is 12.2. The van der Waals surface area contributed by atoms with Gasteiger partial charge in [0, 0.05) is 21.1 Å². The fraction of sp³-hybridized carbons (Fsp3) is 0.417. The zero-order valence-corrected chi connectivity index (χ0v) is 14.1. The van der Waals surface area contributed by atoms with E-state index < -0.39 is 0 Å². The average Bonchev–Trinajstić information content (AvgIpc) is 2.35. The van der Waals surface area contributed by atoms with Gasteiger partial charge in [0.05, 0.1) is 12.2 Å². The third kappa shape index (κ3) is 1.73. The summed E-state index contributed by atoms with van der Waals surface area (Å²) in [5, 5.41) is 0. The number of amidine groups is 1. The summed E-state index contributed by atoms with van der Waals surface area (Å²) in [5.74, 6) is 0. The van der Waals surface area contributed by atoms with Crippen molar-refractivity contribution in [3.05, 3.63) is 25.6 Å². The van der Waals surface area contributed by atoms with Crippen LogP contribution in [0.1, 0.15) is 23.1 Å². The van der Waals surface area contributed by atoms with Crippen LogP contribution in [0, 0.1) is 6.92 Å². The van der Waals surface area contributed by atoms with Crippen molar-refractivity contribution in [1.82, 2.24) is 0 Å². The van der Waals surface area contributed by atoms with E-state index in [2.05, 4.69) is 64.6 Å². The molecule has 2 heterocycles. The Labute approximate surface area is 126 Å². The van der Waals surface area contributed by atoms with E-state index in [-0.39, 0.29) is 0 Å². The van der Waals surface area contributed by atoms with Gasteiger partial charge in [-0.15, -0.1) is 0 Å². The first-order valence-corrected chi connectivity index (χ1v) is 7.96. The van der Waals surface area contributed by atoms with Crippen molar-refractivity contribution in [3.8, 4) is 0 Å². The number of nitrogens with zero attached hydrogens (tertiary/aromatic N) is 2. The molecule has 0 saturated heterocycles. The molecule has 5 heteroatoms. The molecule has 0 aromatic heterocycles. The molecular formula is C12H11Br3N2. The largest absolute Gasteiger partial charge is 0.320 e. The van der Waals surface area contributed by atoms with Gasteiger partial charge in [-0.1, -0.05) is 0 Å². The number of hydrogen-bond donors (Lipinski definition) is 0. The maximum absolute atomic E-state index is 4.54. The van der Waals surface area contributed by atoms with Gasteiger partial charge in [0.1, 0.15) is 0 Å².